The normalized spacial score (nSPS) is 25.3. The number of hydrogen-bond donors (Lipinski definition) is 0. The summed E-state index contributed by atoms with van der Waals surface area (Å²) in [6.45, 7) is 1.28. The Morgan fingerprint density at radius 3 is 2.71 bits per heavy atom. The van der Waals surface area contributed by atoms with E-state index in [1.807, 2.05) is 12.1 Å². The number of benzene rings is 1. The predicted molar refractivity (Wildman–Crippen MR) is 88.2 cm³/mol. The zero-order valence-electron chi connectivity index (χ0n) is 11.3. The largest absolute Gasteiger partial charge is 0.490 e. The lowest BCUT2D eigenvalue weighted by atomic mass is 9.98. The molecule has 0 aliphatic carbocycles. The maximum Gasteiger partial charge on any atom is 0.175 e. The van der Waals surface area contributed by atoms with Crippen molar-refractivity contribution < 1.29 is 17.9 Å². The Morgan fingerprint density at radius 1 is 1.24 bits per heavy atom. The summed E-state index contributed by atoms with van der Waals surface area (Å²) in [5.74, 6) is 2.09. The molecule has 7 heteroatoms. The SMILES string of the molecule is O=S1(=O)CCC(C(Br)c2cc(Br)c3c(c2)OCCCO3)C1. The standard InChI is InChI=1S/C14H16Br2O4S/c15-11-6-10(7-12-14(11)20-4-1-3-19-12)13(16)9-2-5-21(17,18)8-9/h6-7,9,13H,1-5,8H2. The molecule has 116 valence electrons. The fourth-order valence-corrected chi connectivity index (χ4v) is 6.11. The number of halogens is 2. The van der Waals surface area contributed by atoms with Gasteiger partial charge in [-0.3, -0.25) is 0 Å². The van der Waals surface area contributed by atoms with Gasteiger partial charge in [0.05, 0.1) is 29.2 Å². The molecule has 0 spiro atoms. The lowest BCUT2D eigenvalue weighted by Crippen LogP contribution is -2.10. The van der Waals surface area contributed by atoms with Crippen LogP contribution in [0.5, 0.6) is 11.5 Å². The first-order valence-corrected chi connectivity index (χ1v) is 10.4. The van der Waals surface area contributed by atoms with Gasteiger partial charge in [-0.05, 0) is 46.0 Å². The van der Waals surface area contributed by atoms with E-state index in [1.54, 1.807) is 0 Å². The molecule has 2 aliphatic rings. The zero-order valence-corrected chi connectivity index (χ0v) is 15.3. The van der Waals surface area contributed by atoms with Crippen LogP contribution in [-0.4, -0.2) is 33.1 Å². The molecule has 2 unspecified atom stereocenters. The Labute approximate surface area is 141 Å². The summed E-state index contributed by atoms with van der Waals surface area (Å²) in [6, 6.07) is 3.94. The van der Waals surface area contributed by atoms with Gasteiger partial charge < -0.3 is 9.47 Å². The van der Waals surface area contributed by atoms with Crippen molar-refractivity contribution in [2.24, 2.45) is 5.92 Å². The molecule has 0 bridgehead atoms. The van der Waals surface area contributed by atoms with E-state index >= 15 is 0 Å². The van der Waals surface area contributed by atoms with E-state index in [9.17, 15) is 8.42 Å². The maximum absolute atomic E-state index is 11.6. The Balaban J connectivity index is 1.89. The van der Waals surface area contributed by atoms with Crippen LogP contribution in [0.3, 0.4) is 0 Å². The Hall–Kier alpha value is -0.270. The fourth-order valence-electron chi connectivity index (χ4n) is 2.74. The monoisotopic (exact) mass is 438 g/mol. The van der Waals surface area contributed by atoms with E-state index < -0.39 is 9.84 Å². The van der Waals surface area contributed by atoms with Crippen molar-refractivity contribution in [1.82, 2.24) is 0 Å². The summed E-state index contributed by atoms with van der Waals surface area (Å²) in [5, 5.41) is 0. The van der Waals surface area contributed by atoms with Crippen LogP contribution in [0.25, 0.3) is 0 Å². The van der Waals surface area contributed by atoms with Crippen molar-refractivity contribution in [2.75, 3.05) is 24.7 Å². The van der Waals surface area contributed by atoms with Crippen LogP contribution in [-0.2, 0) is 9.84 Å². The van der Waals surface area contributed by atoms with Crippen LogP contribution in [0.1, 0.15) is 23.2 Å². The molecule has 0 aromatic heterocycles. The molecule has 0 radical (unpaired) electrons. The van der Waals surface area contributed by atoms with Crippen molar-refractivity contribution >= 4 is 41.7 Å². The van der Waals surface area contributed by atoms with Gasteiger partial charge in [0, 0.05) is 11.2 Å². The van der Waals surface area contributed by atoms with Gasteiger partial charge in [0.25, 0.3) is 0 Å². The second-order valence-electron chi connectivity index (χ2n) is 5.45. The van der Waals surface area contributed by atoms with Crippen LogP contribution in [0, 0.1) is 5.92 Å². The van der Waals surface area contributed by atoms with Gasteiger partial charge in [0.15, 0.2) is 21.3 Å². The average Bonchev–Trinajstić information content (AvgIpc) is 2.65. The van der Waals surface area contributed by atoms with Crippen LogP contribution in [0.2, 0.25) is 0 Å². The van der Waals surface area contributed by atoms with Crippen LogP contribution in [0.15, 0.2) is 16.6 Å². The second kappa shape index (κ2) is 6.08. The third kappa shape index (κ3) is 3.40. The van der Waals surface area contributed by atoms with Crippen LogP contribution >= 0.6 is 31.9 Å². The summed E-state index contributed by atoms with van der Waals surface area (Å²) < 4.78 is 35.6. The molecule has 1 saturated heterocycles. The van der Waals surface area contributed by atoms with Crippen molar-refractivity contribution in [2.45, 2.75) is 17.7 Å². The molecular weight excluding hydrogens is 424 g/mol. The number of hydrogen-bond acceptors (Lipinski definition) is 4. The first-order valence-electron chi connectivity index (χ1n) is 6.90. The van der Waals surface area contributed by atoms with Gasteiger partial charge in [-0.25, -0.2) is 8.42 Å². The van der Waals surface area contributed by atoms with Gasteiger partial charge in [-0.2, -0.15) is 0 Å². The highest BCUT2D eigenvalue weighted by Gasteiger charge is 2.34. The number of alkyl halides is 1. The molecule has 3 rings (SSSR count). The Morgan fingerprint density at radius 2 is 2.00 bits per heavy atom. The molecule has 1 aromatic carbocycles. The minimum absolute atomic E-state index is 0.00299. The van der Waals surface area contributed by atoms with E-state index in [1.165, 1.54) is 0 Å². The lowest BCUT2D eigenvalue weighted by Gasteiger charge is -2.19. The van der Waals surface area contributed by atoms with E-state index in [2.05, 4.69) is 31.9 Å². The number of ether oxygens (including phenoxy) is 2. The minimum Gasteiger partial charge on any atom is -0.490 e. The highest BCUT2D eigenvalue weighted by atomic mass is 79.9. The Bertz CT molecular complexity index is 645. The molecule has 2 heterocycles. The highest BCUT2D eigenvalue weighted by molar-refractivity contribution is 9.10. The van der Waals surface area contributed by atoms with Crippen LogP contribution < -0.4 is 9.47 Å². The van der Waals surface area contributed by atoms with Gasteiger partial charge in [0.2, 0.25) is 0 Å². The summed E-state index contributed by atoms with van der Waals surface area (Å²) in [5.41, 5.74) is 1.02. The predicted octanol–water partition coefficient (Wildman–Crippen LogP) is 3.48. The average molecular weight is 440 g/mol. The highest BCUT2D eigenvalue weighted by Crippen LogP contribution is 2.44. The summed E-state index contributed by atoms with van der Waals surface area (Å²) in [6.07, 6.45) is 1.55. The van der Waals surface area contributed by atoms with E-state index in [0.29, 0.717) is 19.6 Å². The smallest absolute Gasteiger partial charge is 0.175 e. The maximum atomic E-state index is 11.6. The van der Waals surface area contributed by atoms with Crippen molar-refractivity contribution in [3.05, 3.63) is 22.2 Å². The molecule has 0 amide bonds. The molecule has 2 aliphatic heterocycles. The number of rotatable bonds is 2. The summed E-state index contributed by atoms with van der Waals surface area (Å²) in [4.78, 5) is 0.00299. The van der Waals surface area contributed by atoms with Gasteiger partial charge in [-0.1, -0.05) is 15.9 Å². The second-order valence-corrected chi connectivity index (χ2v) is 9.51. The molecule has 0 N–H and O–H groups in total. The molecule has 4 nitrogen and oxygen atoms in total. The van der Waals surface area contributed by atoms with Crippen molar-refractivity contribution in [3.8, 4) is 11.5 Å². The van der Waals surface area contributed by atoms with Gasteiger partial charge in [-0.15, -0.1) is 0 Å². The van der Waals surface area contributed by atoms with Gasteiger partial charge >= 0.3 is 0 Å². The topological polar surface area (TPSA) is 52.6 Å². The molecule has 1 fully saturated rings. The zero-order chi connectivity index (χ0) is 15.0. The molecule has 21 heavy (non-hydrogen) atoms. The third-order valence-electron chi connectivity index (χ3n) is 3.82. The number of fused-ring (bicyclic) bond motifs is 1. The lowest BCUT2D eigenvalue weighted by molar-refractivity contribution is 0.296. The van der Waals surface area contributed by atoms with E-state index in [0.717, 1.165) is 28.0 Å². The summed E-state index contributed by atoms with van der Waals surface area (Å²) in [7, 11) is -2.88. The molecular formula is C14H16Br2O4S. The van der Waals surface area contributed by atoms with Crippen molar-refractivity contribution in [3.63, 3.8) is 0 Å². The molecule has 2 atom stereocenters. The third-order valence-corrected chi connectivity index (χ3v) is 7.48. The van der Waals surface area contributed by atoms with E-state index in [4.69, 9.17) is 9.47 Å². The van der Waals surface area contributed by atoms with Crippen molar-refractivity contribution in [1.29, 1.82) is 0 Å². The first kappa shape index (κ1) is 15.6. The van der Waals surface area contributed by atoms with Gasteiger partial charge in [0.1, 0.15) is 0 Å². The molecule has 1 aromatic rings. The Kier molecular flexibility index (Phi) is 4.52. The molecule has 0 saturated carbocycles. The van der Waals surface area contributed by atoms with E-state index in [-0.39, 0.29) is 22.3 Å². The minimum atomic E-state index is -2.88. The number of sulfone groups is 1. The fraction of sp³-hybridized carbons (Fsp3) is 0.571. The quantitative estimate of drug-likeness (QED) is 0.662. The van der Waals surface area contributed by atoms with Crippen LogP contribution in [0.4, 0.5) is 0 Å². The first-order chi connectivity index (χ1) is 9.96. The summed E-state index contributed by atoms with van der Waals surface area (Å²) >= 11 is 7.19.